The van der Waals surface area contributed by atoms with Gasteiger partial charge in [0, 0.05) is 25.3 Å². The Morgan fingerprint density at radius 3 is 2.74 bits per heavy atom. The maximum absolute atomic E-state index is 12.5. The first-order chi connectivity index (χ1) is 12.9. The van der Waals surface area contributed by atoms with Crippen molar-refractivity contribution in [2.24, 2.45) is 0 Å². The van der Waals surface area contributed by atoms with Crippen molar-refractivity contribution < 1.29 is 17.9 Å². The van der Waals surface area contributed by atoms with E-state index in [-0.39, 0.29) is 23.5 Å². The summed E-state index contributed by atoms with van der Waals surface area (Å²) in [4.78, 5) is 12.5. The lowest BCUT2D eigenvalue weighted by Gasteiger charge is -2.12. The van der Waals surface area contributed by atoms with Gasteiger partial charge in [-0.15, -0.1) is 0 Å². The molecular weight excluding hydrogens is 364 g/mol. The Morgan fingerprint density at radius 1 is 1.19 bits per heavy atom. The molecule has 0 radical (unpaired) electrons. The minimum atomic E-state index is -3.69. The van der Waals surface area contributed by atoms with Crippen LogP contribution in [0.2, 0.25) is 0 Å². The molecule has 3 rings (SSSR count). The molecule has 1 aliphatic rings. The number of benzene rings is 2. The van der Waals surface area contributed by atoms with Gasteiger partial charge >= 0.3 is 0 Å². The van der Waals surface area contributed by atoms with Crippen LogP contribution in [0.15, 0.2) is 53.4 Å². The zero-order valence-electron chi connectivity index (χ0n) is 15.3. The van der Waals surface area contributed by atoms with E-state index < -0.39 is 10.0 Å². The molecule has 1 unspecified atom stereocenters. The number of carbonyl (C=O) groups excluding carboxylic acids is 1. The van der Waals surface area contributed by atoms with E-state index >= 15 is 0 Å². The molecule has 6 nitrogen and oxygen atoms in total. The highest BCUT2D eigenvalue weighted by Gasteiger charge is 2.21. The number of nitrogens with one attached hydrogen (secondary N) is 2. The van der Waals surface area contributed by atoms with Gasteiger partial charge in [-0.3, -0.25) is 4.79 Å². The highest BCUT2D eigenvalue weighted by Crippen LogP contribution is 2.15. The van der Waals surface area contributed by atoms with E-state index in [0.717, 1.165) is 24.0 Å². The zero-order chi connectivity index (χ0) is 19.3. The average Bonchev–Trinajstić information content (AvgIpc) is 3.18. The Morgan fingerprint density at radius 2 is 2.00 bits per heavy atom. The molecule has 7 heteroatoms. The van der Waals surface area contributed by atoms with Crippen LogP contribution in [0.25, 0.3) is 0 Å². The van der Waals surface area contributed by atoms with Crippen molar-refractivity contribution in [1.29, 1.82) is 0 Å². The van der Waals surface area contributed by atoms with E-state index in [1.807, 2.05) is 31.2 Å². The lowest BCUT2D eigenvalue weighted by Crippen LogP contribution is -2.32. The Balaban J connectivity index is 1.64. The predicted octanol–water partition coefficient (Wildman–Crippen LogP) is 2.38. The first-order valence-electron chi connectivity index (χ1n) is 8.99. The molecule has 2 aromatic carbocycles. The summed E-state index contributed by atoms with van der Waals surface area (Å²) in [5.74, 6) is -0.312. The molecule has 0 bridgehead atoms. The largest absolute Gasteiger partial charge is 0.377 e. The van der Waals surface area contributed by atoms with Crippen LogP contribution in [0.3, 0.4) is 0 Å². The molecule has 2 N–H and O–H groups in total. The fourth-order valence-electron chi connectivity index (χ4n) is 3.00. The number of aryl methyl sites for hydroxylation is 1. The van der Waals surface area contributed by atoms with E-state index in [0.29, 0.717) is 18.7 Å². The first-order valence-corrected chi connectivity index (χ1v) is 10.5. The molecule has 1 saturated heterocycles. The van der Waals surface area contributed by atoms with Crippen molar-refractivity contribution in [2.45, 2.75) is 37.3 Å². The molecule has 1 aliphatic heterocycles. The quantitative estimate of drug-likeness (QED) is 0.763. The van der Waals surface area contributed by atoms with Crippen molar-refractivity contribution in [3.63, 3.8) is 0 Å². The van der Waals surface area contributed by atoms with E-state index in [1.165, 1.54) is 12.1 Å². The maximum Gasteiger partial charge on any atom is 0.251 e. The van der Waals surface area contributed by atoms with Gasteiger partial charge in [-0.05, 0) is 43.5 Å². The minimum Gasteiger partial charge on any atom is -0.377 e. The molecule has 0 spiro atoms. The summed E-state index contributed by atoms with van der Waals surface area (Å²) < 4.78 is 33.0. The van der Waals surface area contributed by atoms with Crippen LogP contribution in [-0.4, -0.2) is 33.6 Å². The second-order valence-electron chi connectivity index (χ2n) is 6.69. The molecule has 0 aromatic heterocycles. The third kappa shape index (κ3) is 5.38. The summed E-state index contributed by atoms with van der Waals surface area (Å²) in [6.07, 6.45) is 1.72. The summed E-state index contributed by atoms with van der Waals surface area (Å²) in [7, 11) is -3.69. The monoisotopic (exact) mass is 388 g/mol. The van der Waals surface area contributed by atoms with E-state index in [9.17, 15) is 13.2 Å². The average molecular weight is 388 g/mol. The predicted molar refractivity (Wildman–Crippen MR) is 103 cm³/mol. The Bertz CT molecular complexity index is 906. The van der Waals surface area contributed by atoms with Gasteiger partial charge in [0.05, 0.1) is 11.0 Å². The molecule has 27 heavy (non-hydrogen) atoms. The third-order valence-corrected chi connectivity index (χ3v) is 5.89. The highest BCUT2D eigenvalue weighted by molar-refractivity contribution is 7.89. The molecule has 1 amide bonds. The van der Waals surface area contributed by atoms with Crippen molar-refractivity contribution in [2.75, 3.05) is 13.2 Å². The standard InChI is InChI=1S/C20H24N2O4S/c1-15-5-2-6-16(11-15)13-21-20(23)17-7-3-9-19(12-17)27(24,25)22-14-18-8-4-10-26-18/h2-3,5-7,9,11-12,18,22H,4,8,10,13-14H2,1H3,(H,21,23). The van der Waals surface area contributed by atoms with Gasteiger partial charge in [0.2, 0.25) is 10.0 Å². The van der Waals surface area contributed by atoms with Crippen LogP contribution >= 0.6 is 0 Å². The van der Waals surface area contributed by atoms with Crippen molar-refractivity contribution >= 4 is 15.9 Å². The molecular formula is C20H24N2O4S. The Hall–Kier alpha value is -2.22. The molecule has 0 saturated carbocycles. The second-order valence-corrected chi connectivity index (χ2v) is 8.45. The fourth-order valence-corrected chi connectivity index (χ4v) is 4.11. The number of sulfonamides is 1. The van der Waals surface area contributed by atoms with Gasteiger partial charge in [0.1, 0.15) is 0 Å². The Kier molecular flexibility index (Phi) is 6.26. The molecule has 1 heterocycles. The molecule has 1 atom stereocenters. The van der Waals surface area contributed by atoms with Crippen LogP contribution < -0.4 is 10.0 Å². The fraction of sp³-hybridized carbons (Fsp3) is 0.350. The lowest BCUT2D eigenvalue weighted by molar-refractivity contribution is 0.0950. The summed E-state index contributed by atoms with van der Waals surface area (Å²) in [5, 5.41) is 2.82. The van der Waals surface area contributed by atoms with Gasteiger partial charge < -0.3 is 10.1 Å². The lowest BCUT2D eigenvalue weighted by atomic mass is 10.1. The number of carbonyl (C=O) groups is 1. The van der Waals surface area contributed by atoms with Gasteiger partial charge in [-0.1, -0.05) is 35.9 Å². The summed E-state index contributed by atoms with van der Waals surface area (Å²) >= 11 is 0. The molecule has 2 aromatic rings. The summed E-state index contributed by atoms with van der Waals surface area (Å²) in [6, 6.07) is 13.9. The van der Waals surface area contributed by atoms with Gasteiger partial charge in [0.25, 0.3) is 5.91 Å². The van der Waals surface area contributed by atoms with Gasteiger partial charge in [-0.2, -0.15) is 0 Å². The van der Waals surface area contributed by atoms with Crippen LogP contribution in [0.5, 0.6) is 0 Å². The van der Waals surface area contributed by atoms with Crippen molar-refractivity contribution in [1.82, 2.24) is 10.0 Å². The number of hydrogen-bond donors (Lipinski definition) is 2. The maximum atomic E-state index is 12.5. The smallest absolute Gasteiger partial charge is 0.251 e. The number of amides is 1. The molecule has 1 fully saturated rings. The molecule has 144 valence electrons. The van der Waals surface area contributed by atoms with Crippen molar-refractivity contribution in [3.05, 3.63) is 65.2 Å². The highest BCUT2D eigenvalue weighted by atomic mass is 32.2. The first kappa shape index (κ1) is 19.5. The Labute approximate surface area is 160 Å². The normalized spacial score (nSPS) is 17.0. The molecule has 0 aliphatic carbocycles. The summed E-state index contributed by atoms with van der Waals surface area (Å²) in [6.45, 7) is 3.28. The van der Waals surface area contributed by atoms with Crippen molar-refractivity contribution in [3.8, 4) is 0 Å². The minimum absolute atomic E-state index is 0.0729. The van der Waals surface area contributed by atoms with E-state index in [1.54, 1.807) is 12.1 Å². The second kappa shape index (κ2) is 8.65. The van der Waals surface area contributed by atoms with Gasteiger partial charge in [-0.25, -0.2) is 13.1 Å². The van der Waals surface area contributed by atoms with Crippen LogP contribution in [0.4, 0.5) is 0 Å². The van der Waals surface area contributed by atoms with Crippen LogP contribution in [-0.2, 0) is 21.3 Å². The zero-order valence-corrected chi connectivity index (χ0v) is 16.1. The van der Waals surface area contributed by atoms with Gasteiger partial charge in [0.15, 0.2) is 0 Å². The number of hydrogen-bond acceptors (Lipinski definition) is 4. The van der Waals surface area contributed by atoms with Crippen LogP contribution in [0.1, 0.15) is 34.3 Å². The van der Waals surface area contributed by atoms with E-state index in [4.69, 9.17) is 4.74 Å². The van der Waals surface area contributed by atoms with E-state index in [2.05, 4.69) is 10.0 Å². The SMILES string of the molecule is Cc1cccc(CNC(=O)c2cccc(S(=O)(=O)NCC3CCCO3)c2)c1. The number of ether oxygens (including phenoxy) is 1. The summed E-state index contributed by atoms with van der Waals surface area (Å²) in [5.41, 5.74) is 2.42. The number of rotatable bonds is 7. The van der Waals surface area contributed by atoms with Crippen LogP contribution in [0, 0.1) is 6.92 Å². The topological polar surface area (TPSA) is 84.5 Å². The third-order valence-electron chi connectivity index (χ3n) is 4.47.